The minimum atomic E-state index is -0.348. The van der Waals surface area contributed by atoms with Crippen molar-refractivity contribution in [3.63, 3.8) is 0 Å². The van der Waals surface area contributed by atoms with Crippen LogP contribution in [-0.2, 0) is 9.53 Å². The molecule has 0 aliphatic heterocycles. The van der Waals surface area contributed by atoms with Crippen LogP contribution in [0.1, 0.15) is 36.5 Å². The third-order valence-electron chi connectivity index (χ3n) is 3.04. The van der Waals surface area contributed by atoms with Gasteiger partial charge in [-0.1, -0.05) is 0 Å². The van der Waals surface area contributed by atoms with Crippen molar-refractivity contribution in [2.45, 2.75) is 32.2 Å². The van der Waals surface area contributed by atoms with Crippen LogP contribution in [0.3, 0.4) is 0 Å². The number of hydrogen-bond acceptors (Lipinski definition) is 4. The SMILES string of the molecule is CCOC(=O)c1ccc(NC(=O)CCNC2CC2)cc1. The third-order valence-corrected chi connectivity index (χ3v) is 3.04. The largest absolute Gasteiger partial charge is 0.462 e. The number of hydrogen-bond donors (Lipinski definition) is 2. The lowest BCUT2D eigenvalue weighted by Gasteiger charge is -2.07. The molecular weight excluding hydrogens is 256 g/mol. The van der Waals surface area contributed by atoms with Crippen molar-refractivity contribution in [1.82, 2.24) is 5.32 Å². The Morgan fingerprint density at radius 3 is 2.55 bits per heavy atom. The maximum Gasteiger partial charge on any atom is 0.338 e. The van der Waals surface area contributed by atoms with E-state index in [1.807, 2.05) is 0 Å². The molecule has 1 fully saturated rings. The van der Waals surface area contributed by atoms with Gasteiger partial charge in [-0.3, -0.25) is 4.79 Å². The van der Waals surface area contributed by atoms with Crippen LogP contribution in [0.5, 0.6) is 0 Å². The Labute approximate surface area is 118 Å². The molecule has 2 N–H and O–H groups in total. The van der Waals surface area contributed by atoms with E-state index in [2.05, 4.69) is 10.6 Å². The van der Waals surface area contributed by atoms with Crippen LogP contribution >= 0.6 is 0 Å². The molecule has 5 heteroatoms. The molecule has 20 heavy (non-hydrogen) atoms. The highest BCUT2D eigenvalue weighted by Gasteiger charge is 2.20. The molecule has 0 bridgehead atoms. The Balaban J connectivity index is 1.76. The van der Waals surface area contributed by atoms with Gasteiger partial charge < -0.3 is 15.4 Å². The first kappa shape index (κ1) is 14.5. The summed E-state index contributed by atoms with van der Waals surface area (Å²) in [5.74, 6) is -0.374. The van der Waals surface area contributed by atoms with E-state index in [4.69, 9.17) is 4.74 Å². The number of ether oxygens (including phenoxy) is 1. The van der Waals surface area contributed by atoms with Gasteiger partial charge in [-0.25, -0.2) is 4.79 Å². The molecule has 1 aliphatic carbocycles. The van der Waals surface area contributed by atoms with E-state index in [1.165, 1.54) is 12.8 Å². The Kier molecular flexibility index (Phi) is 5.12. The molecule has 0 spiro atoms. The van der Waals surface area contributed by atoms with Gasteiger partial charge in [-0.05, 0) is 44.0 Å². The monoisotopic (exact) mass is 276 g/mol. The van der Waals surface area contributed by atoms with Crippen molar-refractivity contribution in [3.05, 3.63) is 29.8 Å². The smallest absolute Gasteiger partial charge is 0.338 e. The van der Waals surface area contributed by atoms with E-state index in [1.54, 1.807) is 31.2 Å². The van der Waals surface area contributed by atoms with Gasteiger partial charge >= 0.3 is 5.97 Å². The molecule has 0 heterocycles. The molecule has 2 rings (SSSR count). The van der Waals surface area contributed by atoms with Gasteiger partial charge in [0.2, 0.25) is 5.91 Å². The van der Waals surface area contributed by atoms with Crippen molar-refractivity contribution < 1.29 is 14.3 Å². The predicted octanol–water partition coefficient (Wildman–Crippen LogP) is 1.94. The Bertz CT molecular complexity index is 467. The van der Waals surface area contributed by atoms with Crippen molar-refractivity contribution >= 4 is 17.6 Å². The van der Waals surface area contributed by atoms with Gasteiger partial charge in [0.15, 0.2) is 0 Å². The molecule has 1 aromatic carbocycles. The normalized spacial score (nSPS) is 13.8. The van der Waals surface area contributed by atoms with Crippen LogP contribution < -0.4 is 10.6 Å². The second-order valence-electron chi connectivity index (χ2n) is 4.82. The fraction of sp³-hybridized carbons (Fsp3) is 0.467. The van der Waals surface area contributed by atoms with E-state index in [-0.39, 0.29) is 11.9 Å². The minimum absolute atomic E-state index is 0.0259. The number of carbonyl (C=O) groups excluding carboxylic acids is 2. The highest BCUT2D eigenvalue weighted by Crippen LogP contribution is 2.18. The zero-order valence-corrected chi connectivity index (χ0v) is 11.6. The summed E-state index contributed by atoms with van der Waals surface area (Å²) in [7, 11) is 0. The summed E-state index contributed by atoms with van der Waals surface area (Å²) < 4.78 is 4.90. The van der Waals surface area contributed by atoms with Gasteiger partial charge in [0, 0.05) is 24.7 Å². The summed E-state index contributed by atoms with van der Waals surface area (Å²) in [4.78, 5) is 23.2. The minimum Gasteiger partial charge on any atom is -0.462 e. The number of rotatable bonds is 7. The first-order valence-electron chi connectivity index (χ1n) is 6.99. The highest BCUT2D eigenvalue weighted by atomic mass is 16.5. The maximum atomic E-state index is 11.7. The second-order valence-corrected chi connectivity index (χ2v) is 4.82. The summed E-state index contributed by atoms with van der Waals surface area (Å²) in [6.45, 7) is 2.82. The molecule has 1 aromatic rings. The molecule has 5 nitrogen and oxygen atoms in total. The van der Waals surface area contributed by atoms with Gasteiger partial charge in [0.05, 0.1) is 12.2 Å². The second kappa shape index (κ2) is 7.05. The molecule has 1 aliphatic rings. The zero-order chi connectivity index (χ0) is 14.4. The highest BCUT2D eigenvalue weighted by molar-refractivity contribution is 5.93. The van der Waals surface area contributed by atoms with Crippen LogP contribution in [0.4, 0.5) is 5.69 Å². The lowest BCUT2D eigenvalue weighted by atomic mass is 10.2. The summed E-state index contributed by atoms with van der Waals surface area (Å²) in [6, 6.07) is 7.33. The lowest BCUT2D eigenvalue weighted by Crippen LogP contribution is -2.23. The van der Waals surface area contributed by atoms with Crippen LogP contribution in [0.25, 0.3) is 0 Å². The molecule has 0 saturated heterocycles. The number of amides is 1. The number of anilines is 1. The molecule has 0 radical (unpaired) electrons. The van der Waals surface area contributed by atoms with E-state index >= 15 is 0 Å². The van der Waals surface area contributed by atoms with Crippen LogP contribution in [0.15, 0.2) is 24.3 Å². The molecular formula is C15H20N2O3. The lowest BCUT2D eigenvalue weighted by molar-refractivity contribution is -0.116. The molecule has 108 valence electrons. The van der Waals surface area contributed by atoms with E-state index in [0.717, 1.165) is 0 Å². The molecule has 0 atom stereocenters. The number of nitrogens with one attached hydrogen (secondary N) is 2. The quantitative estimate of drug-likeness (QED) is 0.747. The van der Waals surface area contributed by atoms with Gasteiger partial charge in [0.1, 0.15) is 0 Å². The standard InChI is InChI=1S/C15H20N2O3/c1-2-20-15(19)11-3-5-13(6-4-11)17-14(18)9-10-16-12-7-8-12/h3-6,12,16H,2,7-10H2,1H3,(H,17,18). The van der Waals surface area contributed by atoms with Gasteiger partial charge in [0.25, 0.3) is 0 Å². The van der Waals surface area contributed by atoms with Crippen LogP contribution in [0, 0.1) is 0 Å². The van der Waals surface area contributed by atoms with E-state index in [0.29, 0.717) is 36.9 Å². The Morgan fingerprint density at radius 1 is 1.25 bits per heavy atom. The fourth-order valence-electron chi connectivity index (χ4n) is 1.80. The maximum absolute atomic E-state index is 11.7. The number of benzene rings is 1. The van der Waals surface area contributed by atoms with Crippen molar-refractivity contribution in [2.24, 2.45) is 0 Å². The topological polar surface area (TPSA) is 67.4 Å². The average molecular weight is 276 g/mol. The van der Waals surface area contributed by atoms with Crippen molar-refractivity contribution in [2.75, 3.05) is 18.5 Å². The average Bonchev–Trinajstić information content (AvgIpc) is 3.24. The summed E-state index contributed by atoms with van der Waals surface area (Å²) in [5, 5.41) is 6.09. The molecule has 0 unspecified atom stereocenters. The predicted molar refractivity (Wildman–Crippen MR) is 76.7 cm³/mol. The summed E-state index contributed by atoms with van der Waals surface area (Å²) in [5.41, 5.74) is 1.18. The Morgan fingerprint density at radius 2 is 1.95 bits per heavy atom. The number of carbonyl (C=O) groups is 2. The fourth-order valence-corrected chi connectivity index (χ4v) is 1.80. The van der Waals surface area contributed by atoms with E-state index in [9.17, 15) is 9.59 Å². The van der Waals surface area contributed by atoms with Crippen molar-refractivity contribution in [3.8, 4) is 0 Å². The molecule has 0 aromatic heterocycles. The van der Waals surface area contributed by atoms with Crippen LogP contribution in [0.2, 0.25) is 0 Å². The summed E-state index contributed by atoms with van der Waals surface area (Å²) >= 11 is 0. The Hall–Kier alpha value is -1.88. The number of esters is 1. The van der Waals surface area contributed by atoms with Gasteiger partial charge in [-0.2, -0.15) is 0 Å². The van der Waals surface area contributed by atoms with Crippen molar-refractivity contribution in [1.29, 1.82) is 0 Å². The zero-order valence-electron chi connectivity index (χ0n) is 11.6. The molecule has 1 saturated carbocycles. The van der Waals surface area contributed by atoms with Crippen LogP contribution in [-0.4, -0.2) is 31.1 Å². The third kappa shape index (κ3) is 4.66. The van der Waals surface area contributed by atoms with E-state index < -0.39 is 0 Å². The summed E-state index contributed by atoms with van der Waals surface area (Å²) in [6.07, 6.45) is 2.89. The first-order valence-corrected chi connectivity index (χ1v) is 6.99. The molecule has 1 amide bonds. The van der Waals surface area contributed by atoms with Gasteiger partial charge in [-0.15, -0.1) is 0 Å². The first-order chi connectivity index (χ1) is 9.69.